The van der Waals surface area contributed by atoms with Crippen LogP contribution in [0.5, 0.6) is 0 Å². The molecule has 2 nitrogen and oxygen atoms in total. The zero-order valence-electron chi connectivity index (χ0n) is 9.40. The van der Waals surface area contributed by atoms with E-state index in [-0.39, 0.29) is 0 Å². The number of hydrogen-bond acceptors (Lipinski definition) is 2. The normalized spacial score (nSPS) is 15.7. The molecule has 0 rings (SSSR count). The highest BCUT2D eigenvalue weighted by atomic mass is 16.3. The molecule has 1 atom stereocenters. The highest BCUT2D eigenvalue weighted by molar-refractivity contribution is 4.73. The second-order valence-corrected chi connectivity index (χ2v) is 4.10. The maximum atomic E-state index is 9.90. The van der Waals surface area contributed by atoms with Gasteiger partial charge in [-0.05, 0) is 39.3 Å². The van der Waals surface area contributed by atoms with Gasteiger partial charge in [-0.2, -0.15) is 0 Å². The quantitative estimate of drug-likeness (QED) is 0.572. The molecule has 0 amide bonds. The van der Waals surface area contributed by atoms with Gasteiger partial charge in [0.25, 0.3) is 0 Å². The first-order valence-electron chi connectivity index (χ1n) is 5.55. The van der Waals surface area contributed by atoms with Crippen LogP contribution in [0.25, 0.3) is 0 Å². The van der Waals surface area contributed by atoms with Crippen LogP contribution in [0.3, 0.4) is 0 Å². The molecule has 0 saturated heterocycles. The van der Waals surface area contributed by atoms with Gasteiger partial charge < -0.3 is 10.4 Å². The van der Waals surface area contributed by atoms with Gasteiger partial charge in [-0.25, -0.2) is 0 Å². The molecule has 0 aromatic rings. The lowest BCUT2D eigenvalue weighted by Crippen LogP contribution is -2.30. The summed E-state index contributed by atoms with van der Waals surface area (Å²) in [5, 5.41) is 13.2. The maximum Gasteiger partial charge on any atom is 0.0631 e. The van der Waals surface area contributed by atoms with Crippen LogP contribution in [0.4, 0.5) is 0 Å². The van der Waals surface area contributed by atoms with Gasteiger partial charge in [0.05, 0.1) is 5.60 Å². The van der Waals surface area contributed by atoms with Crippen molar-refractivity contribution in [2.24, 2.45) is 0 Å². The molecule has 0 saturated carbocycles. The van der Waals surface area contributed by atoms with E-state index in [1.54, 1.807) is 0 Å². The second kappa shape index (κ2) is 7.34. The van der Waals surface area contributed by atoms with E-state index < -0.39 is 5.60 Å². The van der Waals surface area contributed by atoms with E-state index in [2.05, 4.69) is 19.2 Å². The van der Waals surface area contributed by atoms with Crippen LogP contribution in [0, 0.1) is 0 Å². The molecule has 80 valence electrons. The Hall–Kier alpha value is -0.0800. The average Bonchev–Trinajstić information content (AvgIpc) is 2.09. The predicted molar refractivity (Wildman–Crippen MR) is 57.9 cm³/mol. The number of aliphatic hydroxyl groups is 1. The van der Waals surface area contributed by atoms with Crippen molar-refractivity contribution < 1.29 is 5.11 Å². The minimum atomic E-state index is -0.462. The number of unbranched alkanes of at least 4 members (excludes halogenated alkanes) is 1. The molecule has 0 aliphatic heterocycles. The third-order valence-corrected chi connectivity index (χ3v) is 2.34. The topological polar surface area (TPSA) is 32.3 Å². The van der Waals surface area contributed by atoms with Gasteiger partial charge in [0.2, 0.25) is 0 Å². The Balaban J connectivity index is 3.39. The summed E-state index contributed by atoms with van der Waals surface area (Å²) in [6.45, 7) is 8.25. The third kappa shape index (κ3) is 8.26. The van der Waals surface area contributed by atoms with Crippen LogP contribution in [0.15, 0.2) is 0 Å². The SMILES string of the molecule is CCCCC(C)(O)CCNCCC. The Kier molecular flexibility index (Phi) is 7.29. The molecule has 0 bridgehead atoms. The minimum Gasteiger partial charge on any atom is -0.390 e. The summed E-state index contributed by atoms with van der Waals surface area (Å²) in [4.78, 5) is 0. The number of rotatable bonds is 8. The van der Waals surface area contributed by atoms with Gasteiger partial charge in [0, 0.05) is 0 Å². The Labute approximate surface area is 82.7 Å². The molecule has 13 heavy (non-hydrogen) atoms. The molecule has 0 radical (unpaired) electrons. The van der Waals surface area contributed by atoms with Crippen molar-refractivity contribution >= 4 is 0 Å². The zero-order chi connectivity index (χ0) is 10.2. The molecule has 0 aliphatic carbocycles. The van der Waals surface area contributed by atoms with Crippen LogP contribution in [-0.2, 0) is 0 Å². The van der Waals surface area contributed by atoms with Crippen molar-refractivity contribution in [2.45, 2.75) is 58.5 Å². The van der Waals surface area contributed by atoms with Crippen LogP contribution in [0.1, 0.15) is 52.9 Å². The van der Waals surface area contributed by atoms with Gasteiger partial charge in [0.1, 0.15) is 0 Å². The summed E-state index contributed by atoms with van der Waals surface area (Å²) in [6, 6.07) is 0. The van der Waals surface area contributed by atoms with E-state index in [9.17, 15) is 5.11 Å². The Bertz CT molecular complexity index is 113. The van der Waals surface area contributed by atoms with E-state index in [0.717, 1.165) is 38.8 Å². The molecule has 2 N–H and O–H groups in total. The van der Waals surface area contributed by atoms with Crippen molar-refractivity contribution in [2.75, 3.05) is 13.1 Å². The average molecular weight is 187 g/mol. The largest absolute Gasteiger partial charge is 0.390 e. The summed E-state index contributed by atoms with van der Waals surface area (Å²) in [5.74, 6) is 0. The molecule has 0 spiro atoms. The fourth-order valence-corrected chi connectivity index (χ4v) is 1.34. The summed E-state index contributed by atoms with van der Waals surface area (Å²) >= 11 is 0. The maximum absolute atomic E-state index is 9.90. The van der Waals surface area contributed by atoms with Gasteiger partial charge in [-0.1, -0.05) is 26.7 Å². The van der Waals surface area contributed by atoms with Gasteiger partial charge in [0.15, 0.2) is 0 Å². The van der Waals surface area contributed by atoms with Gasteiger partial charge in [-0.15, -0.1) is 0 Å². The molecule has 0 fully saturated rings. The number of nitrogens with one attached hydrogen (secondary N) is 1. The Morgan fingerprint density at radius 3 is 2.31 bits per heavy atom. The van der Waals surface area contributed by atoms with Crippen molar-refractivity contribution in [3.63, 3.8) is 0 Å². The summed E-state index contributed by atoms with van der Waals surface area (Å²) in [7, 11) is 0. The van der Waals surface area contributed by atoms with E-state index in [1.807, 2.05) is 6.92 Å². The first-order chi connectivity index (χ1) is 6.12. The Morgan fingerprint density at radius 2 is 1.77 bits per heavy atom. The predicted octanol–water partition coefficient (Wildman–Crippen LogP) is 2.32. The monoisotopic (exact) mass is 187 g/mol. The van der Waals surface area contributed by atoms with E-state index in [1.165, 1.54) is 6.42 Å². The van der Waals surface area contributed by atoms with Crippen LogP contribution in [0.2, 0.25) is 0 Å². The van der Waals surface area contributed by atoms with Crippen LogP contribution < -0.4 is 5.32 Å². The van der Waals surface area contributed by atoms with Crippen molar-refractivity contribution in [1.29, 1.82) is 0 Å². The molecular weight excluding hydrogens is 162 g/mol. The second-order valence-electron chi connectivity index (χ2n) is 4.10. The highest BCUT2D eigenvalue weighted by Crippen LogP contribution is 2.16. The van der Waals surface area contributed by atoms with Crippen molar-refractivity contribution in [1.82, 2.24) is 5.32 Å². The molecule has 2 heteroatoms. The van der Waals surface area contributed by atoms with E-state index in [4.69, 9.17) is 0 Å². The van der Waals surface area contributed by atoms with Gasteiger partial charge in [-0.3, -0.25) is 0 Å². The zero-order valence-corrected chi connectivity index (χ0v) is 9.40. The molecule has 0 aromatic heterocycles. The van der Waals surface area contributed by atoms with Crippen LogP contribution in [-0.4, -0.2) is 23.8 Å². The first kappa shape index (κ1) is 12.9. The van der Waals surface area contributed by atoms with Gasteiger partial charge >= 0.3 is 0 Å². The molecule has 0 heterocycles. The smallest absolute Gasteiger partial charge is 0.0631 e. The van der Waals surface area contributed by atoms with Crippen molar-refractivity contribution in [3.8, 4) is 0 Å². The molecular formula is C11H25NO. The lowest BCUT2D eigenvalue weighted by Gasteiger charge is -2.23. The highest BCUT2D eigenvalue weighted by Gasteiger charge is 2.18. The lowest BCUT2D eigenvalue weighted by molar-refractivity contribution is 0.0401. The van der Waals surface area contributed by atoms with E-state index >= 15 is 0 Å². The van der Waals surface area contributed by atoms with Crippen LogP contribution >= 0.6 is 0 Å². The summed E-state index contributed by atoms with van der Waals surface area (Å²) in [6.07, 6.45) is 5.25. The summed E-state index contributed by atoms with van der Waals surface area (Å²) in [5.41, 5.74) is -0.462. The fourth-order valence-electron chi connectivity index (χ4n) is 1.34. The first-order valence-corrected chi connectivity index (χ1v) is 5.55. The van der Waals surface area contributed by atoms with E-state index in [0.29, 0.717) is 0 Å². The standard InChI is InChI=1S/C11H25NO/c1-4-6-7-11(3,13)8-10-12-9-5-2/h12-13H,4-10H2,1-3H3. The Morgan fingerprint density at radius 1 is 1.08 bits per heavy atom. The number of hydrogen-bond donors (Lipinski definition) is 2. The fraction of sp³-hybridized carbons (Fsp3) is 1.00. The third-order valence-electron chi connectivity index (χ3n) is 2.34. The van der Waals surface area contributed by atoms with Crippen molar-refractivity contribution in [3.05, 3.63) is 0 Å². The molecule has 0 aliphatic rings. The molecule has 1 unspecified atom stereocenters. The minimum absolute atomic E-state index is 0.462. The lowest BCUT2D eigenvalue weighted by atomic mass is 9.95. The summed E-state index contributed by atoms with van der Waals surface area (Å²) < 4.78 is 0. The molecule has 0 aromatic carbocycles.